The molecule has 0 bridgehead atoms. The number of benzene rings is 1. The van der Waals surface area contributed by atoms with E-state index in [9.17, 15) is 9.59 Å². The number of hydrogen-bond donors (Lipinski definition) is 1. The maximum atomic E-state index is 13.1. The van der Waals surface area contributed by atoms with Gasteiger partial charge in [-0.3, -0.25) is 9.36 Å². The number of carbonyl (C=O) groups excluding carboxylic acids is 1. The molecule has 1 heterocycles. The number of rotatable bonds is 6. The van der Waals surface area contributed by atoms with Crippen molar-refractivity contribution in [3.8, 4) is 5.75 Å². The van der Waals surface area contributed by atoms with Gasteiger partial charge in [-0.25, -0.2) is 4.79 Å². The molecule has 0 spiro atoms. The van der Waals surface area contributed by atoms with E-state index in [0.29, 0.717) is 18.8 Å². The lowest BCUT2D eigenvalue weighted by atomic mass is 9.78. The Morgan fingerprint density at radius 2 is 1.89 bits per heavy atom. The van der Waals surface area contributed by atoms with Crippen molar-refractivity contribution in [2.24, 2.45) is 0 Å². The van der Waals surface area contributed by atoms with Crippen molar-refractivity contribution in [1.82, 2.24) is 14.9 Å². The van der Waals surface area contributed by atoms with Crippen molar-refractivity contribution >= 4 is 5.91 Å². The molecule has 2 aromatic rings. The molecule has 1 fully saturated rings. The van der Waals surface area contributed by atoms with Gasteiger partial charge in [-0.2, -0.15) is 4.98 Å². The molecule has 0 saturated heterocycles. The first-order valence-corrected chi connectivity index (χ1v) is 9.44. The van der Waals surface area contributed by atoms with E-state index in [-0.39, 0.29) is 11.6 Å². The van der Waals surface area contributed by atoms with Gasteiger partial charge in [0.2, 0.25) is 5.91 Å². The third-order valence-corrected chi connectivity index (χ3v) is 5.50. The Kier molecular flexibility index (Phi) is 5.63. The minimum absolute atomic E-state index is 0.0379. The zero-order chi connectivity index (χ0) is 19.4. The first-order valence-electron chi connectivity index (χ1n) is 9.44. The number of carbonyl (C=O) groups is 1. The molecule has 1 aromatic heterocycles. The molecule has 27 heavy (non-hydrogen) atoms. The number of aromatic nitrogens is 2. The van der Waals surface area contributed by atoms with Crippen molar-refractivity contribution in [1.29, 1.82) is 0 Å². The second-order valence-corrected chi connectivity index (χ2v) is 7.25. The first-order chi connectivity index (χ1) is 13.0. The number of nitrogens with one attached hydrogen (secondary N) is 1. The summed E-state index contributed by atoms with van der Waals surface area (Å²) in [7, 11) is 1.64. The zero-order valence-corrected chi connectivity index (χ0v) is 16.2. The van der Waals surface area contributed by atoms with Crippen LogP contribution >= 0.6 is 0 Å². The fourth-order valence-corrected chi connectivity index (χ4v) is 4.03. The Morgan fingerprint density at radius 1 is 1.22 bits per heavy atom. The van der Waals surface area contributed by atoms with E-state index in [0.717, 1.165) is 42.7 Å². The Hall–Kier alpha value is -2.63. The van der Waals surface area contributed by atoms with Gasteiger partial charge in [0.1, 0.15) is 5.75 Å². The summed E-state index contributed by atoms with van der Waals surface area (Å²) in [6, 6.07) is 9.66. The van der Waals surface area contributed by atoms with Gasteiger partial charge in [-0.15, -0.1) is 0 Å². The summed E-state index contributed by atoms with van der Waals surface area (Å²) in [6.07, 6.45) is 3.77. The van der Waals surface area contributed by atoms with E-state index in [2.05, 4.69) is 10.3 Å². The normalized spacial score (nSPS) is 15.5. The average Bonchev–Trinajstić information content (AvgIpc) is 3.15. The molecule has 1 saturated carbocycles. The molecule has 3 rings (SSSR count). The Bertz CT molecular complexity index is 865. The summed E-state index contributed by atoms with van der Waals surface area (Å²) in [6.45, 7) is 4.51. The van der Waals surface area contributed by atoms with Gasteiger partial charge in [0.15, 0.2) is 0 Å². The third kappa shape index (κ3) is 3.89. The monoisotopic (exact) mass is 369 g/mol. The first kappa shape index (κ1) is 19.1. The lowest BCUT2D eigenvalue weighted by Crippen LogP contribution is -2.44. The van der Waals surface area contributed by atoms with Crippen LogP contribution in [0.1, 0.15) is 42.6 Å². The van der Waals surface area contributed by atoms with E-state index in [1.165, 1.54) is 0 Å². The fraction of sp³-hybridized carbons (Fsp3) is 0.476. The summed E-state index contributed by atoms with van der Waals surface area (Å²) in [4.78, 5) is 29.1. The predicted molar refractivity (Wildman–Crippen MR) is 104 cm³/mol. The predicted octanol–water partition coefficient (Wildman–Crippen LogP) is 2.50. The second-order valence-electron chi connectivity index (χ2n) is 7.25. The number of aryl methyl sites for hydroxylation is 2. The molecule has 0 radical (unpaired) electrons. The summed E-state index contributed by atoms with van der Waals surface area (Å²) < 4.78 is 6.83. The average molecular weight is 369 g/mol. The largest absolute Gasteiger partial charge is 0.497 e. The van der Waals surface area contributed by atoms with Crippen LogP contribution in [-0.4, -0.2) is 29.1 Å². The maximum Gasteiger partial charge on any atom is 0.348 e. The minimum Gasteiger partial charge on any atom is -0.497 e. The van der Waals surface area contributed by atoms with Gasteiger partial charge in [0.25, 0.3) is 0 Å². The van der Waals surface area contributed by atoms with Gasteiger partial charge >= 0.3 is 5.69 Å². The molecule has 1 aliphatic carbocycles. The molecule has 1 N–H and O–H groups in total. The highest BCUT2D eigenvalue weighted by atomic mass is 16.5. The highest BCUT2D eigenvalue weighted by Crippen LogP contribution is 2.41. The Morgan fingerprint density at radius 3 is 2.48 bits per heavy atom. The number of ether oxygens (including phenoxy) is 1. The van der Waals surface area contributed by atoms with E-state index < -0.39 is 5.41 Å². The van der Waals surface area contributed by atoms with Crippen LogP contribution in [0.15, 0.2) is 35.1 Å². The van der Waals surface area contributed by atoms with E-state index in [4.69, 9.17) is 4.74 Å². The lowest BCUT2D eigenvalue weighted by Gasteiger charge is -2.28. The zero-order valence-electron chi connectivity index (χ0n) is 16.2. The topological polar surface area (TPSA) is 73.2 Å². The van der Waals surface area contributed by atoms with Gasteiger partial charge in [-0.1, -0.05) is 25.0 Å². The molecule has 6 heteroatoms. The third-order valence-electron chi connectivity index (χ3n) is 5.50. The van der Waals surface area contributed by atoms with Crippen LogP contribution in [0.3, 0.4) is 0 Å². The van der Waals surface area contributed by atoms with Crippen molar-refractivity contribution in [3.05, 3.63) is 57.8 Å². The SMILES string of the molecule is COc1ccc(C2(C(=O)NCCn3c(C)cc(C)nc3=O)CCCC2)cc1. The molecular formula is C21H27N3O3. The Labute approximate surface area is 159 Å². The van der Waals surface area contributed by atoms with Crippen LogP contribution in [-0.2, 0) is 16.8 Å². The van der Waals surface area contributed by atoms with Crippen LogP contribution in [0.5, 0.6) is 5.75 Å². The molecular weight excluding hydrogens is 342 g/mol. The van der Waals surface area contributed by atoms with Crippen molar-refractivity contribution in [2.45, 2.75) is 51.5 Å². The number of hydrogen-bond acceptors (Lipinski definition) is 4. The molecule has 0 aliphatic heterocycles. The molecule has 144 valence electrons. The van der Waals surface area contributed by atoms with E-state index >= 15 is 0 Å². The molecule has 0 atom stereocenters. The molecule has 6 nitrogen and oxygen atoms in total. The van der Waals surface area contributed by atoms with Crippen molar-refractivity contribution in [3.63, 3.8) is 0 Å². The summed E-state index contributed by atoms with van der Waals surface area (Å²) in [5, 5.41) is 3.05. The number of methoxy groups -OCH3 is 1. The van der Waals surface area contributed by atoms with Crippen LogP contribution in [0, 0.1) is 13.8 Å². The smallest absolute Gasteiger partial charge is 0.348 e. The molecule has 1 aliphatic rings. The minimum atomic E-state index is -0.488. The quantitative estimate of drug-likeness (QED) is 0.849. The van der Waals surface area contributed by atoms with Crippen LogP contribution < -0.4 is 15.7 Å². The van der Waals surface area contributed by atoms with Crippen LogP contribution in [0.4, 0.5) is 0 Å². The summed E-state index contributed by atoms with van der Waals surface area (Å²) in [5.41, 5.74) is 1.84. The van der Waals surface area contributed by atoms with Crippen molar-refractivity contribution in [2.75, 3.05) is 13.7 Å². The highest BCUT2D eigenvalue weighted by Gasteiger charge is 2.42. The molecule has 1 aromatic carbocycles. The van der Waals surface area contributed by atoms with Gasteiger partial charge < -0.3 is 10.1 Å². The van der Waals surface area contributed by atoms with Crippen LogP contribution in [0.2, 0.25) is 0 Å². The van der Waals surface area contributed by atoms with E-state index in [1.807, 2.05) is 37.3 Å². The number of amides is 1. The van der Waals surface area contributed by atoms with Crippen LogP contribution in [0.25, 0.3) is 0 Å². The van der Waals surface area contributed by atoms with Gasteiger partial charge in [0, 0.05) is 24.5 Å². The van der Waals surface area contributed by atoms with E-state index in [1.54, 1.807) is 18.6 Å². The molecule has 0 unspecified atom stereocenters. The number of nitrogens with zero attached hydrogens (tertiary/aromatic N) is 2. The van der Waals surface area contributed by atoms with Crippen molar-refractivity contribution < 1.29 is 9.53 Å². The highest BCUT2D eigenvalue weighted by molar-refractivity contribution is 5.88. The molecule has 1 amide bonds. The van der Waals surface area contributed by atoms with Gasteiger partial charge in [-0.05, 0) is 50.5 Å². The lowest BCUT2D eigenvalue weighted by molar-refractivity contribution is -0.126. The fourth-order valence-electron chi connectivity index (χ4n) is 4.03. The van der Waals surface area contributed by atoms with Gasteiger partial charge in [0.05, 0.1) is 12.5 Å². The summed E-state index contributed by atoms with van der Waals surface area (Å²) in [5.74, 6) is 0.824. The summed E-state index contributed by atoms with van der Waals surface area (Å²) >= 11 is 0. The maximum absolute atomic E-state index is 13.1. The Balaban J connectivity index is 1.72. The second kappa shape index (κ2) is 7.94. The standard InChI is InChI=1S/C21H27N3O3/c1-15-14-16(2)24(20(26)23-15)13-12-22-19(25)21(10-4-5-11-21)17-6-8-18(27-3)9-7-17/h6-9,14H,4-5,10-13H2,1-3H3,(H,22,25).